The molecule has 0 bridgehead atoms. The van der Waals surface area contributed by atoms with Crippen LogP contribution in [0.25, 0.3) is 0 Å². The van der Waals surface area contributed by atoms with Gasteiger partial charge in [-0.15, -0.1) is 0 Å². The number of nitrogens with zero attached hydrogens (tertiary/aromatic N) is 1. The first-order valence-electron chi connectivity index (χ1n) is 6.30. The molecule has 1 fully saturated rings. The fraction of sp³-hybridized carbons (Fsp3) is 0.188. The summed E-state index contributed by atoms with van der Waals surface area (Å²) in [5.74, 6) is 0.965. The number of carbonyl (C=O) groups excluding carboxylic acids is 1. The van der Waals surface area contributed by atoms with Crippen LogP contribution in [0, 0.1) is 0 Å². The topological polar surface area (TPSA) is 29.5 Å². The van der Waals surface area contributed by atoms with Crippen molar-refractivity contribution in [3.05, 3.63) is 60.2 Å². The van der Waals surface area contributed by atoms with Crippen LogP contribution in [0.3, 0.4) is 0 Å². The third-order valence-electron chi connectivity index (χ3n) is 3.48. The summed E-state index contributed by atoms with van der Waals surface area (Å²) in [4.78, 5) is 13.7. The minimum Gasteiger partial charge on any atom is -0.497 e. The van der Waals surface area contributed by atoms with E-state index in [2.05, 4.69) is 12.1 Å². The first kappa shape index (κ1) is 11.8. The maximum atomic E-state index is 11.9. The van der Waals surface area contributed by atoms with E-state index in [9.17, 15) is 4.79 Å². The highest BCUT2D eigenvalue weighted by Gasteiger charge is 2.37. The summed E-state index contributed by atoms with van der Waals surface area (Å²) >= 11 is 0. The summed E-state index contributed by atoms with van der Waals surface area (Å²) in [5.41, 5.74) is 2.10. The number of rotatable bonds is 3. The Bertz CT molecular complexity index is 577. The van der Waals surface area contributed by atoms with Gasteiger partial charge in [0.15, 0.2) is 0 Å². The average molecular weight is 253 g/mol. The predicted molar refractivity (Wildman–Crippen MR) is 74.3 cm³/mol. The van der Waals surface area contributed by atoms with Crippen molar-refractivity contribution in [2.75, 3.05) is 12.0 Å². The fourth-order valence-corrected chi connectivity index (χ4v) is 2.43. The minimum absolute atomic E-state index is 0.155. The molecule has 3 heteroatoms. The quantitative estimate of drug-likeness (QED) is 0.786. The minimum atomic E-state index is 0.155. The maximum Gasteiger partial charge on any atom is 0.230 e. The van der Waals surface area contributed by atoms with Gasteiger partial charge < -0.3 is 9.64 Å². The summed E-state index contributed by atoms with van der Waals surface area (Å²) in [6.45, 7) is 0. The lowest BCUT2D eigenvalue weighted by atomic mass is 9.93. The molecule has 2 aromatic carbocycles. The number of methoxy groups -OCH3 is 1. The zero-order valence-electron chi connectivity index (χ0n) is 10.7. The third-order valence-corrected chi connectivity index (χ3v) is 3.48. The van der Waals surface area contributed by atoms with Crippen LogP contribution in [-0.2, 0) is 4.79 Å². The monoisotopic (exact) mass is 253 g/mol. The molecule has 1 heterocycles. The molecule has 3 nitrogen and oxygen atoms in total. The molecule has 96 valence electrons. The molecule has 0 radical (unpaired) electrons. The molecule has 2 aromatic rings. The predicted octanol–water partition coefficient (Wildman–Crippen LogP) is 3.17. The summed E-state index contributed by atoms with van der Waals surface area (Å²) in [6.07, 6.45) is 0.579. The summed E-state index contributed by atoms with van der Waals surface area (Å²) in [6, 6.07) is 17.9. The summed E-state index contributed by atoms with van der Waals surface area (Å²) in [7, 11) is 1.64. The fourth-order valence-electron chi connectivity index (χ4n) is 2.43. The first-order valence-corrected chi connectivity index (χ1v) is 6.30. The number of carbonyl (C=O) groups is 1. The van der Waals surface area contributed by atoms with Gasteiger partial charge in [0.2, 0.25) is 5.91 Å². The van der Waals surface area contributed by atoms with Gasteiger partial charge >= 0.3 is 0 Å². The van der Waals surface area contributed by atoms with Crippen LogP contribution in [0.2, 0.25) is 0 Å². The molecule has 3 rings (SSSR count). The van der Waals surface area contributed by atoms with Gasteiger partial charge in [0, 0.05) is 5.69 Å². The lowest BCUT2D eigenvalue weighted by molar-refractivity contribution is -0.124. The van der Waals surface area contributed by atoms with E-state index in [0.717, 1.165) is 11.4 Å². The van der Waals surface area contributed by atoms with Crippen LogP contribution < -0.4 is 9.64 Å². The second-order valence-electron chi connectivity index (χ2n) is 4.59. The molecular formula is C16H15NO2. The van der Waals surface area contributed by atoms with Gasteiger partial charge in [0.25, 0.3) is 0 Å². The van der Waals surface area contributed by atoms with Crippen molar-refractivity contribution in [2.45, 2.75) is 12.5 Å². The zero-order chi connectivity index (χ0) is 13.2. The molecule has 0 unspecified atom stereocenters. The van der Waals surface area contributed by atoms with Crippen LogP contribution in [0.15, 0.2) is 54.6 Å². The highest BCUT2D eigenvalue weighted by atomic mass is 16.5. The van der Waals surface area contributed by atoms with Gasteiger partial charge in [0.05, 0.1) is 19.6 Å². The SMILES string of the molecule is COc1ccc(N2C(=O)C[C@@H]2c2ccccc2)cc1. The smallest absolute Gasteiger partial charge is 0.230 e. The van der Waals surface area contributed by atoms with Crippen molar-refractivity contribution in [2.24, 2.45) is 0 Å². The Morgan fingerprint density at radius 1 is 1.05 bits per heavy atom. The number of hydrogen-bond donors (Lipinski definition) is 0. The Hall–Kier alpha value is -2.29. The van der Waals surface area contributed by atoms with Gasteiger partial charge in [-0.1, -0.05) is 30.3 Å². The Morgan fingerprint density at radius 3 is 2.32 bits per heavy atom. The molecule has 0 spiro atoms. The number of ether oxygens (including phenoxy) is 1. The highest BCUT2D eigenvalue weighted by molar-refractivity contribution is 6.01. The standard InChI is InChI=1S/C16H15NO2/c1-19-14-9-7-13(8-10-14)17-15(11-16(17)18)12-5-3-2-4-6-12/h2-10,15H,11H2,1H3/t15-/m1/s1. The van der Waals surface area contributed by atoms with E-state index >= 15 is 0 Å². The molecule has 1 aliphatic heterocycles. The van der Waals surface area contributed by atoms with Crippen molar-refractivity contribution in [3.63, 3.8) is 0 Å². The van der Waals surface area contributed by atoms with E-state index in [4.69, 9.17) is 4.74 Å². The Morgan fingerprint density at radius 2 is 1.74 bits per heavy atom. The molecular weight excluding hydrogens is 238 g/mol. The molecule has 0 aromatic heterocycles. The Labute approximate surface area is 112 Å². The Kier molecular flexibility index (Phi) is 2.95. The molecule has 1 atom stereocenters. The van der Waals surface area contributed by atoms with Crippen LogP contribution >= 0.6 is 0 Å². The molecule has 1 saturated heterocycles. The van der Waals surface area contributed by atoms with E-state index in [-0.39, 0.29) is 11.9 Å². The van der Waals surface area contributed by atoms with E-state index in [0.29, 0.717) is 6.42 Å². The van der Waals surface area contributed by atoms with Crippen LogP contribution in [0.1, 0.15) is 18.0 Å². The van der Waals surface area contributed by atoms with Crippen LogP contribution in [0.5, 0.6) is 5.75 Å². The number of hydrogen-bond acceptors (Lipinski definition) is 2. The van der Waals surface area contributed by atoms with Crippen LogP contribution in [0.4, 0.5) is 5.69 Å². The first-order chi connectivity index (χ1) is 9.29. The summed E-state index contributed by atoms with van der Waals surface area (Å²) < 4.78 is 5.14. The molecule has 0 N–H and O–H groups in total. The second-order valence-corrected chi connectivity index (χ2v) is 4.59. The second kappa shape index (κ2) is 4.76. The van der Waals surface area contributed by atoms with Gasteiger partial charge in [0.1, 0.15) is 5.75 Å². The zero-order valence-corrected chi connectivity index (χ0v) is 10.7. The normalized spacial score (nSPS) is 18.1. The summed E-state index contributed by atoms with van der Waals surface area (Å²) in [5, 5.41) is 0. The molecule has 0 saturated carbocycles. The highest BCUT2D eigenvalue weighted by Crippen LogP contribution is 2.38. The van der Waals surface area contributed by atoms with Crippen molar-refractivity contribution < 1.29 is 9.53 Å². The molecule has 1 aliphatic rings. The van der Waals surface area contributed by atoms with Gasteiger partial charge in [-0.3, -0.25) is 4.79 Å². The average Bonchev–Trinajstić information content (AvgIpc) is 2.46. The van der Waals surface area contributed by atoms with E-state index in [1.807, 2.05) is 47.4 Å². The number of benzene rings is 2. The largest absolute Gasteiger partial charge is 0.497 e. The van der Waals surface area contributed by atoms with Crippen molar-refractivity contribution in [3.8, 4) is 5.75 Å². The van der Waals surface area contributed by atoms with E-state index in [1.165, 1.54) is 5.56 Å². The molecule has 0 aliphatic carbocycles. The lowest BCUT2D eigenvalue weighted by Gasteiger charge is -2.40. The van der Waals surface area contributed by atoms with Gasteiger partial charge in [-0.25, -0.2) is 0 Å². The Balaban J connectivity index is 1.87. The number of anilines is 1. The lowest BCUT2D eigenvalue weighted by Crippen LogP contribution is -2.46. The maximum absolute atomic E-state index is 11.9. The molecule has 19 heavy (non-hydrogen) atoms. The van der Waals surface area contributed by atoms with Gasteiger partial charge in [-0.05, 0) is 29.8 Å². The third kappa shape index (κ3) is 2.08. The number of amides is 1. The van der Waals surface area contributed by atoms with Crippen molar-refractivity contribution >= 4 is 11.6 Å². The van der Waals surface area contributed by atoms with Gasteiger partial charge in [-0.2, -0.15) is 0 Å². The molecule has 1 amide bonds. The van der Waals surface area contributed by atoms with Crippen LogP contribution in [-0.4, -0.2) is 13.0 Å². The van der Waals surface area contributed by atoms with Crippen molar-refractivity contribution in [1.82, 2.24) is 0 Å². The number of β-lactam (4-membered cyclic amide) rings is 1. The van der Waals surface area contributed by atoms with E-state index in [1.54, 1.807) is 7.11 Å². The van der Waals surface area contributed by atoms with Crippen molar-refractivity contribution in [1.29, 1.82) is 0 Å². The van der Waals surface area contributed by atoms with E-state index < -0.39 is 0 Å².